The molecule has 132 valence electrons. The van der Waals surface area contributed by atoms with Crippen molar-refractivity contribution < 1.29 is 56.7 Å². The van der Waals surface area contributed by atoms with Crippen molar-refractivity contribution in [3.63, 3.8) is 0 Å². The Bertz CT molecular complexity index is 185. The number of aliphatic carboxylic acids is 4. The summed E-state index contributed by atoms with van der Waals surface area (Å²) in [5.41, 5.74) is 0. The van der Waals surface area contributed by atoms with Crippen molar-refractivity contribution in [1.82, 2.24) is 12.3 Å². The summed E-state index contributed by atoms with van der Waals surface area (Å²) in [6.07, 6.45) is 0. The van der Waals surface area contributed by atoms with Crippen molar-refractivity contribution in [1.29, 1.82) is 0 Å². The molecule has 10 nitrogen and oxygen atoms in total. The predicted octanol–water partition coefficient (Wildman–Crippen LogP) is 1.49. The van der Waals surface area contributed by atoms with Crippen LogP contribution in [0.15, 0.2) is 13.2 Å². The van der Waals surface area contributed by atoms with Crippen molar-refractivity contribution in [2.24, 2.45) is 0 Å². The summed E-state index contributed by atoms with van der Waals surface area (Å²) in [5, 5.41) is 29.7. The van der Waals surface area contributed by atoms with Gasteiger partial charge in [-0.2, -0.15) is 0 Å². The molecule has 0 atom stereocenters. The number of hydrogen-bond acceptors (Lipinski definition) is 6. The van der Waals surface area contributed by atoms with Crippen molar-refractivity contribution in [3.05, 3.63) is 13.2 Å². The van der Waals surface area contributed by atoms with E-state index < -0.39 is 23.9 Å². The summed E-state index contributed by atoms with van der Waals surface area (Å²) in [7, 11) is 0. The van der Waals surface area contributed by atoms with E-state index in [1.165, 1.54) is 0 Å². The van der Waals surface area contributed by atoms with Crippen LogP contribution in [0.3, 0.4) is 0 Å². The average molecular weight is 358 g/mol. The molecule has 0 aromatic heterocycles. The van der Waals surface area contributed by atoms with Crippen molar-refractivity contribution >= 4 is 23.9 Å². The first-order chi connectivity index (χ1) is 7.93. The Morgan fingerprint density at radius 3 is 0.571 bits per heavy atom. The Balaban J connectivity index is -0.0000000164. The van der Waals surface area contributed by atoms with Crippen molar-refractivity contribution in [2.45, 2.75) is 27.7 Å². The fourth-order valence-electron chi connectivity index (χ4n) is 0. The minimum atomic E-state index is -0.833. The zero-order valence-electron chi connectivity index (χ0n) is 12.6. The van der Waals surface area contributed by atoms with Crippen LogP contribution in [0.1, 0.15) is 27.7 Å². The van der Waals surface area contributed by atoms with Gasteiger partial charge in [0.25, 0.3) is 23.9 Å². The molecule has 0 radical (unpaired) electrons. The van der Waals surface area contributed by atoms with E-state index >= 15 is 0 Å². The summed E-state index contributed by atoms with van der Waals surface area (Å²) < 4.78 is 0. The monoisotopic (exact) mass is 358 g/mol. The molecule has 21 heavy (non-hydrogen) atoms. The van der Waals surface area contributed by atoms with Gasteiger partial charge >= 0.3 is 0 Å². The van der Waals surface area contributed by atoms with Gasteiger partial charge in [-0.3, -0.25) is 19.2 Å². The van der Waals surface area contributed by atoms with Crippen LogP contribution >= 0.6 is 0 Å². The van der Waals surface area contributed by atoms with Crippen LogP contribution in [0.25, 0.3) is 0 Å². The van der Waals surface area contributed by atoms with Gasteiger partial charge in [-0.1, -0.05) is 0 Å². The van der Waals surface area contributed by atoms with Gasteiger partial charge in [0.15, 0.2) is 0 Å². The smallest absolute Gasteiger partial charge is 0.300 e. The summed E-state index contributed by atoms with van der Waals surface area (Å²) in [5.74, 6) is -3.33. The van der Waals surface area contributed by atoms with Gasteiger partial charge in [0, 0.05) is 44.8 Å². The quantitative estimate of drug-likeness (QED) is 0.270. The molecule has 0 aliphatic heterocycles. The van der Waals surface area contributed by atoms with Gasteiger partial charge in [0.2, 0.25) is 0 Å². The number of rotatable bonds is 0. The molecule has 0 aliphatic carbocycles. The molecule has 11 heteroatoms. The summed E-state index contributed by atoms with van der Waals surface area (Å²) in [4.78, 5) is 36.0. The number of carboxylic acid groups (broad SMARTS) is 4. The largest absolute Gasteiger partial charge is 0.481 e. The van der Waals surface area contributed by atoms with Gasteiger partial charge in [-0.25, -0.2) is 0 Å². The molecule has 0 aromatic rings. The van der Waals surface area contributed by atoms with Crippen LogP contribution in [0.4, 0.5) is 0 Å². The zero-order chi connectivity index (χ0) is 16.3. The molecule has 0 bridgehead atoms. The molecule has 0 fully saturated rings. The Morgan fingerprint density at radius 2 is 0.571 bits per heavy atom. The van der Waals surface area contributed by atoms with Crippen molar-refractivity contribution in [3.8, 4) is 0 Å². The molecule has 0 rings (SSSR count). The fraction of sp³-hybridized carbons (Fsp3) is 0.400. The number of hydrogen-bond donors (Lipinski definition) is 6. The molecule has 0 aromatic carbocycles. The molecule has 0 aliphatic rings. The Hall–Kier alpha value is -1.94. The Kier molecular flexibility index (Phi) is 126. The third-order valence-corrected chi connectivity index (χ3v) is 0. The van der Waals surface area contributed by atoms with E-state index in [0.29, 0.717) is 0 Å². The average Bonchev–Trinajstić information content (AvgIpc) is 2.01. The standard InChI is InChI=1S/4C2H4O2.C2H4.Fe.2H3N/c4*1-2(3)4;1-2;;;/h4*1H3,(H,3,4);1-2H2;;2*1H3. The van der Waals surface area contributed by atoms with Crippen LogP contribution in [0.2, 0.25) is 0 Å². The minimum Gasteiger partial charge on any atom is -0.481 e. The maximum absolute atomic E-state index is 9.00. The Labute approximate surface area is 134 Å². The third kappa shape index (κ3) is 1240. The van der Waals surface area contributed by atoms with E-state index in [1.54, 1.807) is 0 Å². The van der Waals surface area contributed by atoms with Crippen LogP contribution in [-0.4, -0.2) is 44.3 Å². The van der Waals surface area contributed by atoms with E-state index in [1.807, 2.05) is 0 Å². The molecule has 0 saturated carbocycles. The molecule has 0 saturated heterocycles. The summed E-state index contributed by atoms with van der Waals surface area (Å²) >= 11 is 0. The van der Waals surface area contributed by atoms with Crippen molar-refractivity contribution in [2.75, 3.05) is 0 Å². The predicted molar refractivity (Wildman–Crippen MR) is 74.5 cm³/mol. The molecular weight excluding hydrogens is 332 g/mol. The molecule has 10 N–H and O–H groups in total. The van der Waals surface area contributed by atoms with Gasteiger partial charge < -0.3 is 32.7 Å². The van der Waals surface area contributed by atoms with E-state index in [-0.39, 0.29) is 29.4 Å². The van der Waals surface area contributed by atoms with E-state index in [2.05, 4.69) is 13.2 Å². The molecule has 0 spiro atoms. The topological polar surface area (TPSA) is 219 Å². The van der Waals surface area contributed by atoms with Gasteiger partial charge in [-0.15, -0.1) is 13.2 Å². The zero-order valence-corrected chi connectivity index (χ0v) is 13.7. The second kappa shape index (κ2) is 51.9. The second-order valence-corrected chi connectivity index (χ2v) is 2.08. The molecule has 0 unspecified atom stereocenters. The molecular formula is C10H26FeN2O8. The number of carboxylic acids is 4. The van der Waals surface area contributed by atoms with Gasteiger partial charge in [0.05, 0.1) is 0 Å². The van der Waals surface area contributed by atoms with Crippen LogP contribution in [-0.2, 0) is 36.2 Å². The first kappa shape index (κ1) is 50.8. The maximum atomic E-state index is 9.00. The first-order valence-corrected chi connectivity index (χ1v) is 4.21. The second-order valence-electron chi connectivity index (χ2n) is 2.08. The number of carbonyl (C=O) groups is 4. The SMILES string of the molecule is C=C.CC(=O)O.CC(=O)O.CC(=O)O.CC(=O)O.N.N.[Fe]. The maximum Gasteiger partial charge on any atom is 0.300 e. The minimum absolute atomic E-state index is 0. The van der Waals surface area contributed by atoms with Crippen LogP contribution in [0.5, 0.6) is 0 Å². The van der Waals surface area contributed by atoms with E-state index in [4.69, 9.17) is 39.6 Å². The van der Waals surface area contributed by atoms with Crippen LogP contribution < -0.4 is 12.3 Å². The van der Waals surface area contributed by atoms with E-state index in [0.717, 1.165) is 27.7 Å². The summed E-state index contributed by atoms with van der Waals surface area (Å²) in [6.45, 7) is 10.3. The Morgan fingerprint density at radius 1 is 0.571 bits per heavy atom. The molecule has 0 heterocycles. The summed E-state index contributed by atoms with van der Waals surface area (Å²) in [6, 6.07) is 0. The molecule has 0 amide bonds. The van der Waals surface area contributed by atoms with E-state index in [9.17, 15) is 0 Å². The normalized spacial score (nSPS) is 4.95. The first-order valence-electron chi connectivity index (χ1n) is 4.21. The van der Waals surface area contributed by atoms with Gasteiger partial charge in [-0.05, 0) is 0 Å². The fourth-order valence-corrected chi connectivity index (χ4v) is 0. The third-order valence-electron chi connectivity index (χ3n) is 0. The van der Waals surface area contributed by atoms with Gasteiger partial charge in [0.1, 0.15) is 0 Å². The van der Waals surface area contributed by atoms with Crippen LogP contribution in [0, 0.1) is 0 Å².